The van der Waals surface area contributed by atoms with Gasteiger partial charge in [-0.3, -0.25) is 4.79 Å². The molecule has 0 bridgehead atoms. The summed E-state index contributed by atoms with van der Waals surface area (Å²) in [5, 5.41) is 11.4. The van der Waals surface area contributed by atoms with E-state index in [1.807, 2.05) is 18.4 Å². The number of benzene rings is 1. The summed E-state index contributed by atoms with van der Waals surface area (Å²) in [4.78, 5) is 12.7. The molecule has 1 fully saturated rings. The van der Waals surface area contributed by atoms with E-state index in [1.54, 1.807) is 12.4 Å². The van der Waals surface area contributed by atoms with Crippen LogP contribution in [-0.4, -0.2) is 59.3 Å². The van der Waals surface area contributed by atoms with Crippen LogP contribution in [0.25, 0.3) is 0 Å². The zero-order valence-electron chi connectivity index (χ0n) is 18.1. The van der Waals surface area contributed by atoms with E-state index in [-0.39, 0.29) is 22.6 Å². The summed E-state index contributed by atoms with van der Waals surface area (Å²) in [7, 11) is -2.15. The minimum Gasteiger partial charge on any atom is -0.495 e. The molecule has 0 atom stereocenters. The molecular weight excluding hydrogens is 438 g/mol. The lowest BCUT2D eigenvalue weighted by molar-refractivity contribution is -0.113. The highest BCUT2D eigenvalue weighted by molar-refractivity contribution is 7.99. The van der Waals surface area contributed by atoms with Crippen LogP contribution >= 0.6 is 11.8 Å². The zero-order chi connectivity index (χ0) is 22.4. The summed E-state index contributed by atoms with van der Waals surface area (Å²) in [6.07, 6.45) is 5.43. The second-order valence-corrected chi connectivity index (χ2v) is 10.5. The smallest absolute Gasteiger partial charge is 0.243 e. The lowest BCUT2D eigenvalue weighted by atomic mass is 10.2. The highest BCUT2D eigenvalue weighted by Gasteiger charge is 2.26. The molecule has 0 unspecified atom stereocenters. The number of aromatic nitrogens is 3. The highest BCUT2D eigenvalue weighted by Crippen LogP contribution is 2.30. The van der Waals surface area contributed by atoms with Gasteiger partial charge in [-0.25, -0.2) is 8.42 Å². The minimum absolute atomic E-state index is 0.109. The van der Waals surface area contributed by atoms with Crippen molar-refractivity contribution in [2.45, 2.75) is 55.6 Å². The van der Waals surface area contributed by atoms with Crippen LogP contribution in [0.1, 0.15) is 45.6 Å². The number of thioether (sulfide) groups is 1. The molecule has 0 aliphatic carbocycles. The third-order valence-corrected chi connectivity index (χ3v) is 7.93. The van der Waals surface area contributed by atoms with Crippen molar-refractivity contribution in [1.82, 2.24) is 19.1 Å². The average molecular weight is 468 g/mol. The first-order valence-electron chi connectivity index (χ1n) is 10.3. The van der Waals surface area contributed by atoms with Crippen molar-refractivity contribution in [2.75, 3.05) is 31.3 Å². The van der Waals surface area contributed by atoms with Crippen LogP contribution in [0.5, 0.6) is 5.75 Å². The Morgan fingerprint density at radius 3 is 2.58 bits per heavy atom. The predicted molar refractivity (Wildman–Crippen MR) is 120 cm³/mol. The van der Waals surface area contributed by atoms with E-state index in [2.05, 4.69) is 15.5 Å². The number of carbonyl (C=O) groups is 1. The first-order valence-corrected chi connectivity index (χ1v) is 12.8. The number of hydrogen-bond donors (Lipinski definition) is 1. The summed E-state index contributed by atoms with van der Waals surface area (Å²) in [6, 6.07) is 4.75. The molecule has 1 aliphatic rings. The fraction of sp³-hybridized carbons (Fsp3) is 0.550. The van der Waals surface area contributed by atoms with Crippen LogP contribution in [0, 0.1) is 0 Å². The number of methoxy groups -OCH3 is 1. The summed E-state index contributed by atoms with van der Waals surface area (Å²) < 4.78 is 35.0. The Labute approximate surface area is 187 Å². The third-order valence-electron chi connectivity index (χ3n) is 5.08. The lowest BCUT2D eigenvalue weighted by Crippen LogP contribution is -2.32. The van der Waals surface area contributed by atoms with E-state index in [9.17, 15) is 13.2 Å². The second kappa shape index (κ2) is 10.5. The summed E-state index contributed by atoms with van der Waals surface area (Å²) in [5.41, 5.74) is 0.328. The van der Waals surface area contributed by atoms with Crippen LogP contribution in [-0.2, 0) is 14.8 Å². The van der Waals surface area contributed by atoms with Crippen LogP contribution < -0.4 is 10.1 Å². The van der Waals surface area contributed by atoms with Gasteiger partial charge >= 0.3 is 0 Å². The highest BCUT2D eigenvalue weighted by atomic mass is 32.2. The van der Waals surface area contributed by atoms with E-state index < -0.39 is 10.0 Å². The molecule has 0 spiro atoms. The van der Waals surface area contributed by atoms with Crippen molar-refractivity contribution in [3.8, 4) is 5.75 Å². The number of sulfonamides is 1. The van der Waals surface area contributed by atoms with Gasteiger partial charge in [-0.05, 0) is 44.9 Å². The number of nitrogens with zero attached hydrogens (tertiary/aromatic N) is 4. The van der Waals surface area contributed by atoms with Gasteiger partial charge < -0.3 is 14.6 Å². The molecule has 1 aromatic carbocycles. The molecule has 1 aromatic heterocycles. The van der Waals surface area contributed by atoms with Gasteiger partial charge in [0.25, 0.3) is 0 Å². The van der Waals surface area contributed by atoms with Gasteiger partial charge in [0, 0.05) is 19.1 Å². The maximum absolute atomic E-state index is 13.1. The van der Waals surface area contributed by atoms with E-state index in [0.717, 1.165) is 25.7 Å². The second-order valence-electron chi connectivity index (χ2n) is 7.63. The Hall–Kier alpha value is -2.11. The van der Waals surface area contributed by atoms with Crippen molar-refractivity contribution in [3.63, 3.8) is 0 Å². The van der Waals surface area contributed by atoms with Crippen LogP contribution in [0.2, 0.25) is 0 Å². The molecule has 3 rings (SSSR count). The largest absolute Gasteiger partial charge is 0.495 e. The monoisotopic (exact) mass is 467 g/mol. The molecule has 2 aromatic rings. The van der Waals surface area contributed by atoms with Gasteiger partial charge in [0.05, 0.1) is 23.4 Å². The Kier molecular flexibility index (Phi) is 7.95. The molecule has 0 radical (unpaired) electrons. The normalized spacial score (nSPS) is 15.6. The Morgan fingerprint density at radius 1 is 1.23 bits per heavy atom. The topological polar surface area (TPSA) is 106 Å². The van der Waals surface area contributed by atoms with Gasteiger partial charge in [-0.15, -0.1) is 10.2 Å². The Balaban J connectivity index is 1.74. The average Bonchev–Trinajstić information content (AvgIpc) is 3.04. The molecule has 2 heterocycles. The standard InChI is InChI=1S/C20H29N5O4S2/c1-15(2)25-14-21-23-20(25)30-13-19(26)22-17-12-16(8-9-18(17)29-3)31(27,28)24-10-6-4-5-7-11-24/h8-9,12,14-15H,4-7,10-11,13H2,1-3H3,(H,22,26). The number of amides is 1. The molecule has 11 heteroatoms. The number of nitrogens with one attached hydrogen (secondary N) is 1. The van der Waals surface area contributed by atoms with E-state index >= 15 is 0 Å². The first kappa shape index (κ1) is 23.6. The van der Waals surface area contributed by atoms with Crippen LogP contribution in [0.15, 0.2) is 34.6 Å². The van der Waals surface area contributed by atoms with Gasteiger partial charge in [-0.2, -0.15) is 4.31 Å². The Morgan fingerprint density at radius 2 is 1.94 bits per heavy atom. The van der Waals surface area contributed by atoms with E-state index in [1.165, 1.54) is 35.3 Å². The van der Waals surface area contributed by atoms with Gasteiger partial charge in [0.2, 0.25) is 15.9 Å². The van der Waals surface area contributed by atoms with Crippen LogP contribution in [0.3, 0.4) is 0 Å². The fourth-order valence-corrected chi connectivity index (χ4v) is 5.77. The van der Waals surface area contributed by atoms with Crippen molar-refractivity contribution in [3.05, 3.63) is 24.5 Å². The molecule has 0 saturated carbocycles. The maximum atomic E-state index is 13.1. The third kappa shape index (κ3) is 5.78. The number of rotatable bonds is 8. The number of carbonyl (C=O) groups excluding carboxylic acids is 1. The zero-order valence-corrected chi connectivity index (χ0v) is 19.7. The number of hydrogen-bond acceptors (Lipinski definition) is 7. The molecule has 1 amide bonds. The van der Waals surface area contributed by atoms with Gasteiger partial charge in [-0.1, -0.05) is 24.6 Å². The SMILES string of the molecule is COc1ccc(S(=O)(=O)N2CCCCCC2)cc1NC(=O)CSc1nncn1C(C)C. The molecule has 1 saturated heterocycles. The molecule has 31 heavy (non-hydrogen) atoms. The molecular formula is C20H29N5O4S2. The quantitative estimate of drug-likeness (QED) is 0.594. The maximum Gasteiger partial charge on any atom is 0.243 e. The Bertz CT molecular complexity index is 999. The molecule has 170 valence electrons. The predicted octanol–water partition coefficient (Wildman–Crippen LogP) is 3.16. The minimum atomic E-state index is -3.63. The summed E-state index contributed by atoms with van der Waals surface area (Å²) in [6.45, 7) is 5.05. The number of anilines is 1. The van der Waals surface area contributed by atoms with Crippen molar-refractivity contribution < 1.29 is 17.9 Å². The molecule has 9 nitrogen and oxygen atoms in total. The summed E-state index contributed by atoms with van der Waals surface area (Å²) >= 11 is 1.27. The number of ether oxygens (including phenoxy) is 1. The molecule has 1 N–H and O–H groups in total. The van der Waals surface area contributed by atoms with Crippen molar-refractivity contribution in [1.29, 1.82) is 0 Å². The van der Waals surface area contributed by atoms with Crippen molar-refractivity contribution >= 4 is 33.4 Å². The van der Waals surface area contributed by atoms with E-state index in [4.69, 9.17) is 4.74 Å². The van der Waals surface area contributed by atoms with Gasteiger partial charge in [0.1, 0.15) is 12.1 Å². The lowest BCUT2D eigenvalue weighted by Gasteiger charge is -2.21. The summed E-state index contributed by atoms with van der Waals surface area (Å²) in [5.74, 6) is 0.224. The van der Waals surface area contributed by atoms with Gasteiger partial charge in [0.15, 0.2) is 5.16 Å². The van der Waals surface area contributed by atoms with Crippen molar-refractivity contribution in [2.24, 2.45) is 0 Å². The van der Waals surface area contributed by atoms with Crippen LogP contribution in [0.4, 0.5) is 5.69 Å². The first-order chi connectivity index (χ1) is 14.8. The molecule has 1 aliphatic heterocycles. The van der Waals surface area contributed by atoms with E-state index in [0.29, 0.717) is 29.7 Å². The fourth-order valence-electron chi connectivity index (χ4n) is 3.38.